The highest BCUT2D eigenvalue weighted by molar-refractivity contribution is 7.98. The van der Waals surface area contributed by atoms with Crippen molar-refractivity contribution in [1.29, 1.82) is 0 Å². The molecule has 2 N–H and O–H groups in total. The zero-order chi connectivity index (χ0) is 10.4. The van der Waals surface area contributed by atoms with Crippen molar-refractivity contribution in [1.82, 2.24) is 4.98 Å². The van der Waals surface area contributed by atoms with Crippen LogP contribution in [0.3, 0.4) is 0 Å². The minimum absolute atomic E-state index is 0.557. The summed E-state index contributed by atoms with van der Waals surface area (Å²) in [6.45, 7) is 1.58. The van der Waals surface area contributed by atoms with Gasteiger partial charge in [0.05, 0.1) is 0 Å². The van der Waals surface area contributed by atoms with E-state index in [1.165, 1.54) is 0 Å². The van der Waals surface area contributed by atoms with Crippen LogP contribution in [-0.4, -0.2) is 30.6 Å². The number of nitrogens with two attached hydrogens (primary N) is 1. The Balaban J connectivity index is 2.57. The van der Waals surface area contributed by atoms with E-state index in [4.69, 9.17) is 5.73 Å². The van der Waals surface area contributed by atoms with Gasteiger partial charge in [-0.1, -0.05) is 6.07 Å². The SMILES string of the molecule is CSCCN(C)c1ccc(CN)cn1. The summed E-state index contributed by atoms with van der Waals surface area (Å²) in [6, 6.07) is 4.04. The van der Waals surface area contributed by atoms with Crippen LogP contribution in [0.5, 0.6) is 0 Å². The second-order valence-corrected chi connectivity index (χ2v) is 4.13. The minimum Gasteiger partial charge on any atom is -0.359 e. The van der Waals surface area contributed by atoms with Crippen LogP contribution in [0, 0.1) is 0 Å². The topological polar surface area (TPSA) is 42.1 Å². The summed E-state index contributed by atoms with van der Waals surface area (Å²) in [4.78, 5) is 6.49. The fourth-order valence-corrected chi connectivity index (χ4v) is 1.56. The van der Waals surface area contributed by atoms with Crippen LogP contribution >= 0.6 is 11.8 Å². The minimum atomic E-state index is 0.557. The molecule has 4 heteroatoms. The van der Waals surface area contributed by atoms with Crippen molar-refractivity contribution >= 4 is 17.6 Å². The molecule has 0 saturated heterocycles. The van der Waals surface area contributed by atoms with Gasteiger partial charge in [0.15, 0.2) is 0 Å². The summed E-state index contributed by atoms with van der Waals surface area (Å²) in [5.41, 5.74) is 6.58. The Labute approximate surface area is 89.7 Å². The standard InChI is InChI=1S/C10H17N3S/c1-13(5-6-14-2)10-4-3-9(7-11)8-12-10/h3-4,8H,5-7,11H2,1-2H3. The Bertz CT molecular complexity index is 261. The predicted molar refractivity (Wildman–Crippen MR) is 63.8 cm³/mol. The molecule has 1 rings (SSSR count). The Morgan fingerprint density at radius 2 is 2.29 bits per heavy atom. The van der Waals surface area contributed by atoms with E-state index in [-0.39, 0.29) is 0 Å². The van der Waals surface area contributed by atoms with Crippen molar-refractivity contribution in [3.8, 4) is 0 Å². The van der Waals surface area contributed by atoms with Gasteiger partial charge in [0, 0.05) is 32.1 Å². The molecule has 0 aliphatic rings. The van der Waals surface area contributed by atoms with Crippen molar-refractivity contribution in [2.75, 3.05) is 30.5 Å². The lowest BCUT2D eigenvalue weighted by Gasteiger charge is -2.17. The first-order chi connectivity index (χ1) is 6.77. The monoisotopic (exact) mass is 211 g/mol. The number of hydrogen-bond acceptors (Lipinski definition) is 4. The molecule has 0 radical (unpaired) electrons. The number of thioether (sulfide) groups is 1. The maximum absolute atomic E-state index is 5.50. The Hall–Kier alpha value is -0.740. The highest BCUT2D eigenvalue weighted by Crippen LogP contribution is 2.09. The fourth-order valence-electron chi connectivity index (χ4n) is 1.11. The number of nitrogens with zero attached hydrogens (tertiary/aromatic N) is 2. The molecular formula is C10H17N3S. The summed E-state index contributed by atoms with van der Waals surface area (Å²) in [6.07, 6.45) is 3.95. The lowest BCUT2D eigenvalue weighted by Crippen LogP contribution is -2.21. The molecule has 0 amide bonds. The van der Waals surface area contributed by atoms with E-state index < -0.39 is 0 Å². The summed E-state index contributed by atoms with van der Waals surface area (Å²) in [5, 5.41) is 0. The van der Waals surface area contributed by atoms with Crippen molar-refractivity contribution in [2.45, 2.75) is 6.54 Å². The molecule has 0 aromatic carbocycles. The molecular weight excluding hydrogens is 194 g/mol. The molecule has 14 heavy (non-hydrogen) atoms. The summed E-state index contributed by atoms with van der Waals surface area (Å²) in [5.74, 6) is 2.13. The van der Waals surface area contributed by atoms with Crippen LogP contribution in [0.2, 0.25) is 0 Å². The maximum atomic E-state index is 5.50. The van der Waals surface area contributed by atoms with Gasteiger partial charge in [-0.25, -0.2) is 4.98 Å². The lowest BCUT2D eigenvalue weighted by molar-refractivity contribution is 0.938. The largest absolute Gasteiger partial charge is 0.359 e. The van der Waals surface area contributed by atoms with Crippen LogP contribution in [0.4, 0.5) is 5.82 Å². The average Bonchev–Trinajstić information content (AvgIpc) is 2.26. The van der Waals surface area contributed by atoms with Crippen LogP contribution < -0.4 is 10.6 Å². The fraction of sp³-hybridized carbons (Fsp3) is 0.500. The maximum Gasteiger partial charge on any atom is 0.128 e. The van der Waals surface area contributed by atoms with E-state index in [0.29, 0.717) is 6.54 Å². The van der Waals surface area contributed by atoms with Gasteiger partial charge >= 0.3 is 0 Å². The summed E-state index contributed by atoms with van der Waals surface area (Å²) in [7, 11) is 2.06. The third-order valence-corrected chi connectivity index (χ3v) is 2.66. The van der Waals surface area contributed by atoms with E-state index in [2.05, 4.69) is 23.2 Å². The first kappa shape index (κ1) is 11.3. The van der Waals surface area contributed by atoms with Crippen LogP contribution in [0.15, 0.2) is 18.3 Å². The first-order valence-electron chi connectivity index (χ1n) is 4.63. The molecule has 1 aromatic heterocycles. The highest BCUT2D eigenvalue weighted by Gasteiger charge is 2.00. The van der Waals surface area contributed by atoms with Gasteiger partial charge < -0.3 is 10.6 Å². The zero-order valence-corrected chi connectivity index (χ0v) is 9.55. The quantitative estimate of drug-likeness (QED) is 0.798. The van der Waals surface area contributed by atoms with Gasteiger partial charge in [-0.15, -0.1) is 0 Å². The van der Waals surface area contributed by atoms with E-state index in [1.807, 2.05) is 30.1 Å². The van der Waals surface area contributed by atoms with E-state index in [9.17, 15) is 0 Å². The normalized spacial score (nSPS) is 10.2. The molecule has 0 saturated carbocycles. The highest BCUT2D eigenvalue weighted by atomic mass is 32.2. The molecule has 0 spiro atoms. The summed E-state index contributed by atoms with van der Waals surface area (Å²) < 4.78 is 0. The van der Waals surface area contributed by atoms with Gasteiger partial charge in [0.25, 0.3) is 0 Å². The third kappa shape index (κ3) is 3.20. The Morgan fingerprint density at radius 1 is 1.50 bits per heavy atom. The molecule has 0 fully saturated rings. The molecule has 1 heterocycles. The first-order valence-corrected chi connectivity index (χ1v) is 6.02. The molecule has 0 unspecified atom stereocenters. The number of aromatic nitrogens is 1. The van der Waals surface area contributed by atoms with Crippen LogP contribution in [0.1, 0.15) is 5.56 Å². The van der Waals surface area contributed by atoms with Gasteiger partial charge in [-0.05, 0) is 17.9 Å². The van der Waals surface area contributed by atoms with Gasteiger partial charge in [-0.3, -0.25) is 0 Å². The number of rotatable bonds is 5. The predicted octanol–water partition coefficient (Wildman–Crippen LogP) is 1.34. The van der Waals surface area contributed by atoms with E-state index in [0.717, 1.165) is 23.7 Å². The number of pyridine rings is 1. The molecule has 1 aromatic rings. The lowest BCUT2D eigenvalue weighted by atomic mass is 10.3. The van der Waals surface area contributed by atoms with E-state index >= 15 is 0 Å². The van der Waals surface area contributed by atoms with Crippen molar-refractivity contribution in [3.05, 3.63) is 23.9 Å². The zero-order valence-electron chi connectivity index (χ0n) is 8.73. The smallest absolute Gasteiger partial charge is 0.128 e. The number of hydrogen-bond donors (Lipinski definition) is 1. The Morgan fingerprint density at radius 3 is 2.79 bits per heavy atom. The molecule has 0 bridgehead atoms. The Kier molecular flexibility index (Phi) is 4.76. The van der Waals surface area contributed by atoms with Crippen molar-refractivity contribution < 1.29 is 0 Å². The van der Waals surface area contributed by atoms with Crippen LogP contribution in [0.25, 0.3) is 0 Å². The molecule has 0 atom stereocenters. The second kappa shape index (κ2) is 5.88. The van der Waals surface area contributed by atoms with Gasteiger partial charge in [0.1, 0.15) is 5.82 Å². The van der Waals surface area contributed by atoms with Crippen molar-refractivity contribution in [2.24, 2.45) is 5.73 Å². The average molecular weight is 211 g/mol. The molecule has 0 aliphatic heterocycles. The molecule has 3 nitrogen and oxygen atoms in total. The molecule has 0 aliphatic carbocycles. The van der Waals surface area contributed by atoms with Gasteiger partial charge in [-0.2, -0.15) is 11.8 Å². The molecule has 78 valence electrons. The van der Waals surface area contributed by atoms with Crippen molar-refractivity contribution in [3.63, 3.8) is 0 Å². The summed E-state index contributed by atoms with van der Waals surface area (Å²) >= 11 is 1.84. The number of anilines is 1. The van der Waals surface area contributed by atoms with E-state index in [1.54, 1.807) is 0 Å². The van der Waals surface area contributed by atoms with Crippen LogP contribution in [-0.2, 0) is 6.54 Å². The van der Waals surface area contributed by atoms with Gasteiger partial charge in [0.2, 0.25) is 0 Å². The second-order valence-electron chi connectivity index (χ2n) is 3.14. The third-order valence-electron chi connectivity index (χ3n) is 2.07.